The van der Waals surface area contributed by atoms with Crippen molar-refractivity contribution in [1.29, 1.82) is 0 Å². The van der Waals surface area contributed by atoms with Crippen molar-refractivity contribution in [3.05, 3.63) is 73.9 Å². The maximum absolute atomic E-state index is 3.67. The van der Waals surface area contributed by atoms with Crippen LogP contribution in [0.25, 0.3) is 0 Å². The molecule has 0 heterocycles. The van der Waals surface area contributed by atoms with Crippen molar-refractivity contribution in [2.24, 2.45) is 0 Å². The monoisotopic (exact) mass is 390 g/mol. The topological polar surface area (TPSA) is 3.24 Å². The maximum atomic E-state index is 3.67. The molecule has 1 radical (unpaired) electrons. The third-order valence-electron chi connectivity index (χ3n) is 2.26. The molecule has 0 aliphatic heterocycles. The predicted octanol–water partition coefficient (Wildman–Crippen LogP) is 4.51. The molecule has 0 saturated heterocycles. The van der Waals surface area contributed by atoms with Gasteiger partial charge in [-0.3, -0.25) is 12.2 Å². The molecule has 0 amide bonds. The second-order valence-electron chi connectivity index (χ2n) is 3.80. The molecule has 0 atom stereocenters. The van der Waals surface area contributed by atoms with Crippen LogP contribution in [0.5, 0.6) is 0 Å². The second kappa shape index (κ2) is 25.8. The van der Waals surface area contributed by atoms with E-state index in [2.05, 4.69) is 48.6 Å². The zero-order valence-electron chi connectivity index (χ0n) is 13.2. The van der Waals surface area contributed by atoms with Crippen molar-refractivity contribution in [2.75, 3.05) is 13.1 Å². The van der Waals surface area contributed by atoms with Crippen molar-refractivity contribution >= 4 is 34.5 Å². The van der Waals surface area contributed by atoms with E-state index in [9.17, 15) is 0 Å². The summed E-state index contributed by atoms with van der Waals surface area (Å²) >= 11 is 0. The third kappa shape index (κ3) is 22.2. The Morgan fingerprint density at radius 3 is 1.55 bits per heavy atom. The van der Waals surface area contributed by atoms with Crippen LogP contribution in [0.4, 0.5) is 0 Å². The van der Waals surface area contributed by atoms with Crippen LogP contribution >= 0.6 is 24.8 Å². The van der Waals surface area contributed by atoms with Gasteiger partial charge in [0, 0.05) is 13.1 Å². The van der Waals surface area contributed by atoms with Gasteiger partial charge in [0.15, 0.2) is 0 Å². The Kier molecular flexibility index (Phi) is 35.1. The molecule has 0 aromatic carbocycles. The van der Waals surface area contributed by atoms with Gasteiger partial charge in [0.25, 0.3) is 0 Å². The summed E-state index contributed by atoms with van der Waals surface area (Å²) in [5.74, 6) is 0. The first-order chi connectivity index (χ1) is 9.35. The Morgan fingerprint density at radius 2 is 1.41 bits per heavy atom. The van der Waals surface area contributed by atoms with E-state index in [0.717, 1.165) is 25.9 Å². The molecule has 2 aliphatic rings. The summed E-state index contributed by atoms with van der Waals surface area (Å²) in [4.78, 5) is 0. The van der Waals surface area contributed by atoms with Gasteiger partial charge in [0.05, 0.1) is 0 Å². The summed E-state index contributed by atoms with van der Waals surface area (Å²) in [5.41, 5.74) is 0. The molecule has 2 aliphatic carbocycles. The van der Waals surface area contributed by atoms with E-state index in [-0.39, 0.29) is 46.5 Å². The van der Waals surface area contributed by atoms with Gasteiger partial charge in [-0.25, -0.2) is 24.3 Å². The quantitative estimate of drug-likeness (QED) is 0.379. The Balaban J connectivity index is -0.000000108. The van der Waals surface area contributed by atoms with Crippen LogP contribution in [0.1, 0.15) is 12.8 Å². The normalized spacial score (nSPS) is 11.9. The molecule has 2 rings (SSSR count). The van der Waals surface area contributed by atoms with Crippen molar-refractivity contribution < 1.29 is 21.7 Å². The van der Waals surface area contributed by atoms with E-state index in [4.69, 9.17) is 0 Å². The van der Waals surface area contributed by atoms with Gasteiger partial charge in [-0.2, -0.15) is 12.2 Å². The fourth-order valence-electron chi connectivity index (χ4n) is 1.30. The van der Waals surface area contributed by atoms with E-state index in [1.54, 1.807) is 0 Å². The van der Waals surface area contributed by atoms with Crippen LogP contribution in [-0.2, 0) is 21.7 Å². The average Bonchev–Trinajstić information content (AvgIpc) is 3.15. The summed E-state index contributed by atoms with van der Waals surface area (Å²) in [5, 5.41) is 0. The standard InChI is InChI=1S/C7H14NSi.2C5H5.2ClH.Ti/c1-4-6-8(9-3)7-5-2;2*1-2-4-5-3-1;;;/h4-5,9H,1-2,6-7H2,3H3;2*1-3H,4H2;2*1H;/q;2*-1;;;+2. The molecule has 1 nitrogen and oxygen atoms in total. The van der Waals surface area contributed by atoms with Crippen molar-refractivity contribution in [3.63, 3.8) is 0 Å². The molecular formula is C17H26Cl2NSiTi. The van der Waals surface area contributed by atoms with Crippen LogP contribution in [0.3, 0.4) is 0 Å². The number of rotatable bonds is 5. The van der Waals surface area contributed by atoms with Gasteiger partial charge in [-0.15, -0.1) is 50.8 Å². The summed E-state index contributed by atoms with van der Waals surface area (Å²) < 4.78 is 2.33. The number of hydrogen-bond acceptors (Lipinski definition) is 1. The molecule has 0 spiro atoms. The van der Waals surface area contributed by atoms with Gasteiger partial charge in [0.1, 0.15) is 9.68 Å². The van der Waals surface area contributed by atoms with E-state index >= 15 is 0 Å². The second-order valence-corrected chi connectivity index (χ2v) is 5.04. The summed E-state index contributed by atoms with van der Waals surface area (Å²) in [6.07, 6.45) is 23.9. The molecule has 0 aromatic rings. The minimum Gasteiger partial charge on any atom is -0.321 e. The van der Waals surface area contributed by atoms with Gasteiger partial charge in [0.2, 0.25) is 0 Å². The Bertz CT molecular complexity index is 301. The largest absolute Gasteiger partial charge is 2.00 e. The number of hydrogen-bond donors (Lipinski definition) is 0. The SMILES string of the molecule is C=CCN(CC=C)[SiH]C.Cl.Cl.[C-]1=CC=CC1.[C-]1=CC=CC1.[Ti+2]. The van der Waals surface area contributed by atoms with Crippen molar-refractivity contribution in [2.45, 2.75) is 19.4 Å². The number of halogens is 2. The molecule has 5 heteroatoms. The Hall–Kier alpha value is -0.0888. The van der Waals surface area contributed by atoms with Gasteiger partial charge in [-0.05, 0) is 0 Å². The summed E-state index contributed by atoms with van der Waals surface area (Å²) in [6.45, 7) is 11.5. The first kappa shape index (κ1) is 29.9. The zero-order chi connectivity index (χ0) is 14.2. The van der Waals surface area contributed by atoms with Gasteiger partial charge >= 0.3 is 21.7 Å². The van der Waals surface area contributed by atoms with Crippen LogP contribution in [0.15, 0.2) is 61.8 Å². The molecular weight excluding hydrogens is 365 g/mol. The van der Waals surface area contributed by atoms with Crippen molar-refractivity contribution in [3.8, 4) is 0 Å². The molecule has 0 bridgehead atoms. The fourth-order valence-corrected chi connectivity index (χ4v) is 2.02. The summed E-state index contributed by atoms with van der Waals surface area (Å²) in [6, 6.07) is 0. The molecule has 0 fully saturated rings. The predicted molar refractivity (Wildman–Crippen MR) is 103 cm³/mol. The Morgan fingerprint density at radius 1 is 1.00 bits per heavy atom. The molecule has 121 valence electrons. The summed E-state index contributed by atoms with van der Waals surface area (Å²) in [7, 11) is 0.425. The van der Waals surface area contributed by atoms with E-state index in [0.29, 0.717) is 9.68 Å². The molecule has 0 aromatic heterocycles. The first-order valence-corrected chi connectivity index (χ1v) is 8.21. The van der Waals surface area contributed by atoms with Crippen LogP contribution in [0.2, 0.25) is 6.55 Å². The number of allylic oxidation sites excluding steroid dienone is 8. The maximum Gasteiger partial charge on any atom is 2.00 e. The minimum absolute atomic E-state index is 0. The fraction of sp³-hybridized carbons (Fsp3) is 0.294. The Labute approximate surface area is 166 Å². The first-order valence-electron chi connectivity index (χ1n) is 6.54. The van der Waals surface area contributed by atoms with Crippen LogP contribution in [0, 0.1) is 12.2 Å². The third-order valence-corrected chi connectivity index (χ3v) is 3.42. The zero-order valence-corrected chi connectivity index (χ0v) is 17.6. The molecule has 0 unspecified atom stereocenters. The molecule has 0 saturated carbocycles. The average molecular weight is 391 g/mol. The minimum atomic E-state index is 0. The van der Waals surface area contributed by atoms with E-state index < -0.39 is 0 Å². The van der Waals surface area contributed by atoms with Gasteiger partial charge < -0.3 is 4.57 Å². The van der Waals surface area contributed by atoms with Gasteiger partial charge in [-0.1, -0.05) is 18.7 Å². The number of nitrogens with zero attached hydrogens (tertiary/aromatic N) is 1. The van der Waals surface area contributed by atoms with Crippen molar-refractivity contribution in [1.82, 2.24) is 4.57 Å². The van der Waals surface area contributed by atoms with Crippen LogP contribution in [-0.4, -0.2) is 27.3 Å². The molecule has 0 N–H and O–H groups in total. The van der Waals surface area contributed by atoms with E-state index in [1.165, 1.54) is 0 Å². The van der Waals surface area contributed by atoms with Crippen LogP contribution < -0.4 is 0 Å². The van der Waals surface area contributed by atoms with E-state index in [1.807, 2.05) is 36.5 Å². The molecule has 22 heavy (non-hydrogen) atoms. The smallest absolute Gasteiger partial charge is 0.321 e.